The molecule has 0 saturated carbocycles. The predicted octanol–water partition coefficient (Wildman–Crippen LogP) is 3.45. The topological polar surface area (TPSA) is 113 Å². The van der Waals surface area contributed by atoms with Crippen LogP contribution in [-0.2, 0) is 0 Å². The molecule has 0 atom stereocenters. The number of hydrogen-bond acceptors (Lipinski definition) is 5. The zero-order valence-electron chi connectivity index (χ0n) is 16.3. The van der Waals surface area contributed by atoms with Crippen LogP contribution in [0.2, 0.25) is 0 Å². The Balaban J connectivity index is 1.65. The number of anilines is 2. The van der Waals surface area contributed by atoms with Crippen LogP contribution in [0.4, 0.5) is 11.4 Å². The number of ether oxygens (including phenoxy) is 1. The summed E-state index contributed by atoms with van der Waals surface area (Å²) in [5.74, 6) is -2.56. The average Bonchev–Trinajstić information content (AvgIpc) is 3.03. The maximum atomic E-state index is 12.9. The van der Waals surface area contributed by atoms with E-state index in [1.807, 2.05) is 0 Å². The highest BCUT2D eigenvalue weighted by molar-refractivity contribution is 6.35. The highest BCUT2D eigenvalue weighted by Crippen LogP contribution is 2.37. The maximum Gasteiger partial charge on any atom is 0.335 e. The second kappa shape index (κ2) is 7.75. The number of fused-ring (bicyclic) bond motifs is 1. The fourth-order valence-corrected chi connectivity index (χ4v) is 3.33. The molecule has 1 heterocycles. The van der Waals surface area contributed by atoms with E-state index in [2.05, 4.69) is 5.32 Å². The summed E-state index contributed by atoms with van der Waals surface area (Å²) in [5, 5.41) is 11.9. The maximum absolute atomic E-state index is 12.9. The van der Waals surface area contributed by atoms with Crippen molar-refractivity contribution >= 4 is 35.1 Å². The van der Waals surface area contributed by atoms with Crippen LogP contribution in [0.5, 0.6) is 5.75 Å². The van der Waals surface area contributed by atoms with E-state index in [-0.39, 0.29) is 34.0 Å². The quantitative estimate of drug-likeness (QED) is 0.616. The molecule has 0 radical (unpaired) electrons. The molecular formula is C23H16N2O6. The third kappa shape index (κ3) is 3.51. The van der Waals surface area contributed by atoms with Crippen LogP contribution in [0.15, 0.2) is 66.7 Å². The van der Waals surface area contributed by atoms with Crippen molar-refractivity contribution in [3.8, 4) is 5.75 Å². The minimum Gasteiger partial charge on any atom is -0.494 e. The minimum atomic E-state index is -1.20. The third-order valence-electron chi connectivity index (χ3n) is 4.85. The number of imide groups is 1. The lowest BCUT2D eigenvalue weighted by atomic mass is 10.1. The first-order valence-electron chi connectivity index (χ1n) is 9.21. The average molecular weight is 416 g/mol. The molecule has 0 aliphatic carbocycles. The summed E-state index contributed by atoms with van der Waals surface area (Å²) in [7, 11) is 1.38. The number of aromatic carboxylic acids is 1. The highest BCUT2D eigenvalue weighted by Gasteiger charge is 2.38. The molecule has 154 valence electrons. The number of carboxylic acid groups (broad SMARTS) is 1. The SMILES string of the molecule is COc1cc(NC(=O)c2ccccc2)ccc1N1C(=O)c2ccc(C(=O)O)cc2C1=O. The van der Waals surface area contributed by atoms with E-state index in [0.29, 0.717) is 11.3 Å². The first-order valence-corrected chi connectivity index (χ1v) is 9.21. The van der Waals surface area contributed by atoms with Gasteiger partial charge in [-0.05, 0) is 42.5 Å². The molecule has 1 aliphatic heterocycles. The van der Waals surface area contributed by atoms with Crippen LogP contribution >= 0.6 is 0 Å². The zero-order chi connectivity index (χ0) is 22.1. The number of methoxy groups -OCH3 is 1. The molecule has 8 heteroatoms. The zero-order valence-corrected chi connectivity index (χ0v) is 16.3. The number of nitrogens with one attached hydrogen (secondary N) is 1. The Bertz CT molecular complexity index is 1240. The number of hydrogen-bond donors (Lipinski definition) is 2. The van der Waals surface area contributed by atoms with Gasteiger partial charge < -0.3 is 15.2 Å². The fourth-order valence-electron chi connectivity index (χ4n) is 3.33. The van der Waals surface area contributed by atoms with Crippen LogP contribution in [0.1, 0.15) is 41.4 Å². The number of rotatable bonds is 5. The molecule has 0 bridgehead atoms. The first kappa shape index (κ1) is 19.8. The van der Waals surface area contributed by atoms with Crippen molar-refractivity contribution in [2.75, 3.05) is 17.3 Å². The van der Waals surface area contributed by atoms with Gasteiger partial charge in [0.15, 0.2) is 0 Å². The van der Waals surface area contributed by atoms with Crippen molar-refractivity contribution < 1.29 is 29.0 Å². The second-order valence-electron chi connectivity index (χ2n) is 6.72. The number of carboxylic acids is 1. The van der Waals surface area contributed by atoms with E-state index in [9.17, 15) is 19.2 Å². The Morgan fingerprint density at radius 3 is 2.26 bits per heavy atom. The summed E-state index contributed by atoms with van der Waals surface area (Å²) in [5.41, 5.74) is 1.10. The van der Waals surface area contributed by atoms with E-state index < -0.39 is 17.8 Å². The molecule has 0 spiro atoms. The van der Waals surface area contributed by atoms with Gasteiger partial charge in [0.25, 0.3) is 17.7 Å². The van der Waals surface area contributed by atoms with Gasteiger partial charge in [-0.3, -0.25) is 14.4 Å². The molecule has 31 heavy (non-hydrogen) atoms. The number of carbonyl (C=O) groups is 4. The molecule has 1 aliphatic rings. The lowest BCUT2D eigenvalue weighted by Crippen LogP contribution is -2.29. The monoisotopic (exact) mass is 416 g/mol. The van der Waals surface area contributed by atoms with Gasteiger partial charge in [-0.15, -0.1) is 0 Å². The van der Waals surface area contributed by atoms with Gasteiger partial charge in [-0.25, -0.2) is 9.69 Å². The van der Waals surface area contributed by atoms with Crippen LogP contribution in [-0.4, -0.2) is 35.9 Å². The molecule has 0 saturated heterocycles. The van der Waals surface area contributed by atoms with Crippen molar-refractivity contribution in [2.24, 2.45) is 0 Å². The van der Waals surface area contributed by atoms with E-state index in [1.165, 1.54) is 37.4 Å². The molecule has 3 aromatic carbocycles. The normalized spacial score (nSPS) is 12.5. The summed E-state index contributed by atoms with van der Waals surface area (Å²) >= 11 is 0. The predicted molar refractivity (Wildman–Crippen MR) is 112 cm³/mol. The number of benzene rings is 3. The number of amides is 3. The molecule has 3 amide bonds. The van der Waals surface area contributed by atoms with Crippen LogP contribution in [0.3, 0.4) is 0 Å². The van der Waals surface area contributed by atoms with Gasteiger partial charge in [0.05, 0.1) is 29.5 Å². The van der Waals surface area contributed by atoms with Crippen LogP contribution < -0.4 is 15.0 Å². The van der Waals surface area contributed by atoms with E-state index in [1.54, 1.807) is 36.4 Å². The molecule has 3 aromatic rings. The van der Waals surface area contributed by atoms with Gasteiger partial charge in [0.1, 0.15) is 5.75 Å². The lowest BCUT2D eigenvalue weighted by Gasteiger charge is -2.18. The fraction of sp³-hybridized carbons (Fsp3) is 0.0435. The van der Waals surface area contributed by atoms with Crippen LogP contribution in [0.25, 0.3) is 0 Å². The number of nitrogens with zero attached hydrogens (tertiary/aromatic N) is 1. The standard InChI is InChI=1S/C23H16N2O6/c1-31-19-12-15(24-20(26)13-5-3-2-4-6-13)8-10-18(19)25-21(27)16-9-7-14(23(29)30)11-17(16)22(25)28/h2-12H,1H3,(H,24,26)(H,29,30). The smallest absolute Gasteiger partial charge is 0.335 e. The molecule has 0 aromatic heterocycles. The Morgan fingerprint density at radius 1 is 0.871 bits per heavy atom. The summed E-state index contributed by atoms with van der Waals surface area (Å²) in [6.45, 7) is 0. The van der Waals surface area contributed by atoms with Gasteiger partial charge in [0, 0.05) is 17.3 Å². The van der Waals surface area contributed by atoms with Crippen molar-refractivity contribution in [2.45, 2.75) is 0 Å². The van der Waals surface area contributed by atoms with E-state index in [4.69, 9.17) is 9.84 Å². The van der Waals surface area contributed by atoms with E-state index in [0.717, 1.165) is 4.90 Å². The Morgan fingerprint density at radius 2 is 1.58 bits per heavy atom. The van der Waals surface area contributed by atoms with Crippen molar-refractivity contribution in [3.63, 3.8) is 0 Å². The minimum absolute atomic E-state index is 0.00779. The highest BCUT2D eigenvalue weighted by atomic mass is 16.5. The third-order valence-corrected chi connectivity index (χ3v) is 4.85. The van der Waals surface area contributed by atoms with Crippen LogP contribution in [0, 0.1) is 0 Å². The lowest BCUT2D eigenvalue weighted by molar-refractivity contribution is 0.0696. The van der Waals surface area contributed by atoms with Gasteiger partial charge in [0.2, 0.25) is 0 Å². The molecule has 0 fully saturated rings. The Labute approximate surface area is 176 Å². The summed E-state index contributed by atoms with van der Waals surface area (Å²) in [6, 6.07) is 16.9. The summed E-state index contributed by atoms with van der Waals surface area (Å²) in [4.78, 5) is 50.2. The van der Waals surface area contributed by atoms with Gasteiger partial charge in [-0.2, -0.15) is 0 Å². The summed E-state index contributed by atoms with van der Waals surface area (Å²) in [6.07, 6.45) is 0. The first-order chi connectivity index (χ1) is 14.9. The van der Waals surface area contributed by atoms with Gasteiger partial charge in [-0.1, -0.05) is 18.2 Å². The second-order valence-corrected chi connectivity index (χ2v) is 6.72. The molecule has 4 rings (SSSR count). The van der Waals surface area contributed by atoms with Gasteiger partial charge >= 0.3 is 5.97 Å². The Kier molecular flexibility index (Phi) is 4.96. The molecule has 8 nitrogen and oxygen atoms in total. The molecule has 2 N–H and O–H groups in total. The number of carbonyl (C=O) groups excluding carboxylic acids is 3. The Hall–Kier alpha value is -4.46. The largest absolute Gasteiger partial charge is 0.494 e. The molecule has 0 unspecified atom stereocenters. The summed E-state index contributed by atoms with van der Waals surface area (Å²) < 4.78 is 5.35. The molecular weight excluding hydrogens is 400 g/mol. The van der Waals surface area contributed by atoms with Crippen molar-refractivity contribution in [1.29, 1.82) is 0 Å². The van der Waals surface area contributed by atoms with Crippen molar-refractivity contribution in [1.82, 2.24) is 0 Å². The van der Waals surface area contributed by atoms with E-state index >= 15 is 0 Å². The van der Waals surface area contributed by atoms with Crippen molar-refractivity contribution in [3.05, 3.63) is 89.0 Å².